The fourth-order valence-corrected chi connectivity index (χ4v) is 7.87. The van der Waals surface area contributed by atoms with Gasteiger partial charge < -0.3 is 4.90 Å². The van der Waals surface area contributed by atoms with Crippen molar-refractivity contribution in [1.82, 2.24) is 9.55 Å². The van der Waals surface area contributed by atoms with Crippen LogP contribution in [0.1, 0.15) is 0 Å². The summed E-state index contributed by atoms with van der Waals surface area (Å²) in [5.74, 6) is 0.932. The van der Waals surface area contributed by atoms with Crippen LogP contribution in [0.3, 0.4) is 0 Å². The normalized spacial score (nSPS) is 11.1. The maximum atomic E-state index is 5.12. The van der Waals surface area contributed by atoms with E-state index in [0.717, 1.165) is 67.4 Å². The predicted molar refractivity (Wildman–Crippen MR) is 243 cm³/mol. The van der Waals surface area contributed by atoms with E-state index in [1.807, 2.05) is 6.07 Å². The van der Waals surface area contributed by atoms with Crippen molar-refractivity contribution in [2.45, 2.75) is 0 Å². The van der Waals surface area contributed by atoms with Crippen LogP contribution in [0, 0.1) is 0 Å². The Kier molecular flexibility index (Phi) is 9.23. The Morgan fingerprint density at radius 3 is 1.16 bits per heavy atom. The van der Waals surface area contributed by atoms with Crippen molar-refractivity contribution in [1.29, 1.82) is 0 Å². The Hall–Kier alpha value is -7.75. The molecule has 10 aromatic rings. The van der Waals surface area contributed by atoms with Gasteiger partial charge in [-0.15, -0.1) is 0 Å². The minimum Gasteiger partial charge on any atom is -0.311 e. The largest absolute Gasteiger partial charge is 0.311 e. The molecule has 0 aliphatic rings. The number of hydrogen-bond donors (Lipinski definition) is 0. The Labute approximate surface area is 339 Å². The van der Waals surface area contributed by atoms with Crippen LogP contribution in [0.2, 0.25) is 0 Å². The molecule has 1 aromatic heterocycles. The lowest BCUT2D eigenvalue weighted by molar-refractivity contribution is 1.10. The Morgan fingerprint density at radius 2 is 0.655 bits per heavy atom. The van der Waals surface area contributed by atoms with E-state index in [-0.39, 0.29) is 0 Å². The average molecular weight is 742 g/mol. The SMILES string of the molecule is c1ccc(-c2ccc(N(c3ccc(-c4ccccc4)cc3)c3ccc(-c4cccc(-c5ccc6nc(-c7ccccc7)n(-c7ccccc7)c6c5)c4)cc3)cc2)cc1. The average Bonchev–Trinajstić information content (AvgIpc) is 3.70. The molecule has 3 heteroatoms. The highest BCUT2D eigenvalue weighted by Gasteiger charge is 2.17. The molecule has 0 aliphatic carbocycles. The van der Waals surface area contributed by atoms with Gasteiger partial charge in [-0.05, 0) is 111 Å². The summed E-state index contributed by atoms with van der Waals surface area (Å²) in [6.45, 7) is 0. The second kappa shape index (κ2) is 15.4. The van der Waals surface area contributed by atoms with Crippen molar-refractivity contribution in [2.24, 2.45) is 0 Å². The molecule has 0 N–H and O–H groups in total. The van der Waals surface area contributed by atoms with Gasteiger partial charge in [0, 0.05) is 28.3 Å². The summed E-state index contributed by atoms with van der Waals surface area (Å²) in [4.78, 5) is 7.45. The smallest absolute Gasteiger partial charge is 0.145 e. The number of nitrogens with zero attached hydrogens (tertiary/aromatic N) is 3. The number of benzene rings is 9. The summed E-state index contributed by atoms with van der Waals surface area (Å²) in [6.07, 6.45) is 0. The summed E-state index contributed by atoms with van der Waals surface area (Å²) >= 11 is 0. The van der Waals surface area contributed by atoms with Gasteiger partial charge in [0.15, 0.2) is 0 Å². The van der Waals surface area contributed by atoms with Crippen molar-refractivity contribution >= 4 is 28.1 Å². The van der Waals surface area contributed by atoms with Gasteiger partial charge in [-0.1, -0.05) is 170 Å². The first-order valence-corrected chi connectivity index (χ1v) is 19.7. The third kappa shape index (κ3) is 6.87. The fourth-order valence-electron chi connectivity index (χ4n) is 7.87. The lowest BCUT2D eigenvalue weighted by Crippen LogP contribution is -2.09. The second-order valence-electron chi connectivity index (χ2n) is 14.5. The molecule has 1 heterocycles. The van der Waals surface area contributed by atoms with Crippen molar-refractivity contribution in [3.63, 3.8) is 0 Å². The molecule has 0 radical (unpaired) electrons. The van der Waals surface area contributed by atoms with E-state index in [9.17, 15) is 0 Å². The third-order valence-electron chi connectivity index (χ3n) is 10.8. The Bertz CT molecular complexity index is 2850. The number of imidazole rings is 1. The Morgan fingerprint density at radius 1 is 0.293 bits per heavy atom. The van der Waals surface area contributed by atoms with Gasteiger partial charge in [0.05, 0.1) is 11.0 Å². The number of para-hydroxylation sites is 1. The number of hydrogen-bond acceptors (Lipinski definition) is 2. The highest BCUT2D eigenvalue weighted by molar-refractivity contribution is 5.88. The first-order chi connectivity index (χ1) is 28.7. The van der Waals surface area contributed by atoms with Gasteiger partial charge in [0.1, 0.15) is 5.82 Å². The van der Waals surface area contributed by atoms with Gasteiger partial charge in [-0.2, -0.15) is 0 Å². The van der Waals surface area contributed by atoms with E-state index < -0.39 is 0 Å². The first-order valence-electron chi connectivity index (χ1n) is 19.7. The molecular formula is C55H39N3. The summed E-state index contributed by atoms with van der Waals surface area (Å²) in [5, 5.41) is 0. The summed E-state index contributed by atoms with van der Waals surface area (Å²) in [6, 6.07) is 84.1. The van der Waals surface area contributed by atoms with Crippen LogP contribution in [0.4, 0.5) is 17.1 Å². The molecule has 0 amide bonds. The van der Waals surface area contributed by atoms with E-state index >= 15 is 0 Å². The van der Waals surface area contributed by atoms with Crippen LogP contribution in [-0.2, 0) is 0 Å². The van der Waals surface area contributed by atoms with E-state index in [0.29, 0.717) is 0 Å². The number of aromatic nitrogens is 2. The molecule has 0 saturated heterocycles. The summed E-state index contributed by atoms with van der Waals surface area (Å²) in [5.41, 5.74) is 16.9. The number of fused-ring (bicyclic) bond motifs is 1. The van der Waals surface area contributed by atoms with E-state index in [1.165, 1.54) is 22.3 Å². The molecule has 3 nitrogen and oxygen atoms in total. The van der Waals surface area contributed by atoms with Crippen LogP contribution in [0.15, 0.2) is 237 Å². The number of anilines is 3. The predicted octanol–water partition coefficient (Wildman–Crippen LogP) is 14.8. The highest BCUT2D eigenvalue weighted by Crippen LogP contribution is 2.39. The molecule has 0 fully saturated rings. The maximum absolute atomic E-state index is 5.12. The molecule has 0 unspecified atom stereocenters. The molecule has 9 aromatic carbocycles. The van der Waals surface area contributed by atoms with Crippen LogP contribution in [0.25, 0.3) is 72.6 Å². The minimum atomic E-state index is 0.932. The van der Waals surface area contributed by atoms with Gasteiger partial charge in [0.2, 0.25) is 0 Å². The molecule has 0 bridgehead atoms. The molecule has 0 spiro atoms. The van der Waals surface area contributed by atoms with Crippen molar-refractivity contribution in [3.8, 4) is 61.6 Å². The molecule has 274 valence electrons. The summed E-state index contributed by atoms with van der Waals surface area (Å²) < 4.78 is 2.27. The first kappa shape index (κ1) is 34.7. The van der Waals surface area contributed by atoms with Crippen molar-refractivity contribution < 1.29 is 0 Å². The standard InChI is InChI=1S/C55H39N3/c1-5-14-40(15-6-1)42-24-31-50(32-25-42)57(51-33-26-43(27-34-51)41-16-7-2-8-17-41)52-35-28-44(29-36-52)46-20-13-21-47(38-46)48-30-37-53-54(39-48)58(49-22-11-4-12-23-49)55(56-53)45-18-9-3-10-19-45/h1-39H. The quantitative estimate of drug-likeness (QED) is 0.147. The van der Waals surface area contributed by atoms with Gasteiger partial charge in [-0.3, -0.25) is 4.57 Å². The van der Waals surface area contributed by atoms with Crippen LogP contribution in [-0.4, -0.2) is 9.55 Å². The lowest BCUT2D eigenvalue weighted by atomic mass is 9.98. The van der Waals surface area contributed by atoms with Crippen LogP contribution < -0.4 is 4.90 Å². The number of rotatable bonds is 9. The van der Waals surface area contributed by atoms with Crippen molar-refractivity contribution in [3.05, 3.63) is 237 Å². The van der Waals surface area contributed by atoms with Crippen molar-refractivity contribution in [2.75, 3.05) is 4.90 Å². The maximum Gasteiger partial charge on any atom is 0.145 e. The molecule has 0 aliphatic heterocycles. The van der Waals surface area contributed by atoms with Crippen LogP contribution >= 0.6 is 0 Å². The second-order valence-corrected chi connectivity index (χ2v) is 14.5. The summed E-state index contributed by atoms with van der Waals surface area (Å²) in [7, 11) is 0. The molecule has 0 saturated carbocycles. The molecule has 10 rings (SSSR count). The van der Waals surface area contributed by atoms with E-state index in [4.69, 9.17) is 4.98 Å². The zero-order valence-corrected chi connectivity index (χ0v) is 31.9. The zero-order valence-electron chi connectivity index (χ0n) is 31.9. The molecule has 0 atom stereocenters. The van der Waals surface area contributed by atoms with Gasteiger partial charge >= 0.3 is 0 Å². The minimum absolute atomic E-state index is 0.932. The topological polar surface area (TPSA) is 21.1 Å². The van der Waals surface area contributed by atoms with E-state index in [1.54, 1.807) is 0 Å². The Balaban J connectivity index is 0.995. The van der Waals surface area contributed by atoms with Gasteiger partial charge in [-0.25, -0.2) is 4.98 Å². The van der Waals surface area contributed by atoms with Gasteiger partial charge in [0.25, 0.3) is 0 Å². The highest BCUT2D eigenvalue weighted by atomic mass is 15.1. The third-order valence-corrected chi connectivity index (χ3v) is 10.8. The van der Waals surface area contributed by atoms with E-state index in [2.05, 4.69) is 240 Å². The fraction of sp³-hybridized carbons (Fsp3) is 0. The zero-order chi connectivity index (χ0) is 38.7. The molecule has 58 heavy (non-hydrogen) atoms. The van der Waals surface area contributed by atoms with Crippen LogP contribution in [0.5, 0.6) is 0 Å². The lowest BCUT2D eigenvalue weighted by Gasteiger charge is -2.26. The monoisotopic (exact) mass is 741 g/mol. The molecular weight excluding hydrogens is 703 g/mol.